The van der Waals surface area contributed by atoms with Gasteiger partial charge in [-0.25, -0.2) is 0 Å². The van der Waals surface area contributed by atoms with E-state index in [-0.39, 0.29) is 18.1 Å². The van der Waals surface area contributed by atoms with Gasteiger partial charge >= 0.3 is 0 Å². The molecule has 1 aliphatic rings. The molecule has 0 radical (unpaired) electrons. The van der Waals surface area contributed by atoms with Crippen LogP contribution < -0.4 is 0 Å². The molecule has 1 fully saturated rings. The summed E-state index contributed by atoms with van der Waals surface area (Å²) in [6.07, 6.45) is 1.86. The number of hydrogen-bond acceptors (Lipinski definition) is 4. The Bertz CT molecular complexity index is 329. The maximum atomic E-state index is 12.0. The predicted octanol–water partition coefficient (Wildman–Crippen LogP) is 1.39. The van der Waals surface area contributed by atoms with E-state index < -0.39 is 0 Å². The SMILES string of the molecule is C[C@@H]1CN(C(=O)c2cncs2)C[C@H](C)O1. The normalized spacial score (nSPS) is 26.7. The van der Waals surface area contributed by atoms with Crippen LogP contribution in [0.4, 0.5) is 0 Å². The summed E-state index contributed by atoms with van der Waals surface area (Å²) in [5, 5.41) is 0. The Labute approximate surface area is 92.9 Å². The van der Waals surface area contributed by atoms with Crippen molar-refractivity contribution in [1.29, 1.82) is 0 Å². The highest BCUT2D eigenvalue weighted by Gasteiger charge is 2.26. The Kier molecular flexibility index (Phi) is 3.02. The molecule has 2 atom stereocenters. The van der Waals surface area contributed by atoms with Crippen molar-refractivity contribution >= 4 is 17.2 Å². The minimum atomic E-state index is 0.0690. The zero-order valence-electron chi connectivity index (χ0n) is 8.84. The number of thiazole rings is 1. The predicted molar refractivity (Wildman–Crippen MR) is 58.0 cm³/mol. The first-order valence-electron chi connectivity index (χ1n) is 5.00. The number of carbonyl (C=O) groups is 1. The highest BCUT2D eigenvalue weighted by molar-refractivity contribution is 7.11. The zero-order chi connectivity index (χ0) is 10.8. The second-order valence-corrected chi connectivity index (χ2v) is 4.72. The van der Waals surface area contributed by atoms with Crippen molar-refractivity contribution in [1.82, 2.24) is 9.88 Å². The van der Waals surface area contributed by atoms with E-state index in [9.17, 15) is 4.79 Å². The molecule has 2 rings (SSSR count). The van der Waals surface area contributed by atoms with E-state index in [4.69, 9.17) is 4.74 Å². The second kappa shape index (κ2) is 4.28. The molecule has 1 aromatic rings. The average Bonchev–Trinajstić information content (AvgIpc) is 2.67. The third kappa shape index (κ3) is 2.35. The van der Waals surface area contributed by atoms with Crippen LogP contribution in [0.5, 0.6) is 0 Å². The summed E-state index contributed by atoms with van der Waals surface area (Å²) in [7, 11) is 0. The van der Waals surface area contributed by atoms with Gasteiger partial charge < -0.3 is 9.64 Å². The van der Waals surface area contributed by atoms with Gasteiger partial charge in [-0.15, -0.1) is 11.3 Å². The Morgan fingerprint density at radius 2 is 2.20 bits per heavy atom. The fourth-order valence-corrected chi connectivity index (χ4v) is 2.41. The van der Waals surface area contributed by atoms with Crippen molar-refractivity contribution in [3.05, 3.63) is 16.6 Å². The lowest BCUT2D eigenvalue weighted by Crippen LogP contribution is -2.48. The zero-order valence-corrected chi connectivity index (χ0v) is 9.66. The smallest absolute Gasteiger partial charge is 0.265 e. The Balaban J connectivity index is 2.07. The highest BCUT2D eigenvalue weighted by Crippen LogP contribution is 2.15. The first kappa shape index (κ1) is 10.6. The summed E-state index contributed by atoms with van der Waals surface area (Å²) in [4.78, 5) is 18.5. The number of amides is 1. The molecule has 5 heteroatoms. The fraction of sp³-hybridized carbons (Fsp3) is 0.600. The maximum absolute atomic E-state index is 12.0. The number of nitrogens with zero attached hydrogens (tertiary/aromatic N) is 2. The van der Waals surface area contributed by atoms with Crippen LogP contribution in [-0.2, 0) is 4.74 Å². The number of rotatable bonds is 1. The van der Waals surface area contributed by atoms with Gasteiger partial charge in [0, 0.05) is 13.1 Å². The van der Waals surface area contributed by atoms with Gasteiger partial charge in [-0.3, -0.25) is 9.78 Å². The molecule has 1 aromatic heterocycles. The Hall–Kier alpha value is -0.940. The van der Waals surface area contributed by atoms with E-state index in [1.165, 1.54) is 11.3 Å². The van der Waals surface area contributed by atoms with Gasteiger partial charge in [0.05, 0.1) is 23.9 Å². The lowest BCUT2D eigenvalue weighted by atomic mass is 10.2. The van der Waals surface area contributed by atoms with Crippen molar-refractivity contribution < 1.29 is 9.53 Å². The van der Waals surface area contributed by atoms with Crippen molar-refractivity contribution in [3.8, 4) is 0 Å². The van der Waals surface area contributed by atoms with Crippen LogP contribution in [0.15, 0.2) is 11.7 Å². The summed E-state index contributed by atoms with van der Waals surface area (Å²) in [5.74, 6) is 0.0690. The summed E-state index contributed by atoms with van der Waals surface area (Å²) in [6.45, 7) is 5.31. The molecular formula is C10H14N2O2S. The standard InChI is InChI=1S/C10H14N2O2S/c1-7-4-12(5-8(2)14-7)10(13)9-3-11-6-15-9/h3,6-8H,4-5H2,1-2H3/t7-,8+. The maximum Gasteiger partial charge on any atom is 0.265 e. The highest BCUT2D eigenvalue weighted by atomic mass is 32.1. The van der Waals surface area contributed by atoms with Crippen molar-refractivity contribution in [2.24, 2.45) is 0 Å². The number of hydrogen-bond donors (Lipinski definition) is 0. The van der Waals surface area contributed by atoms with E-state index in [1.54, 1.807) is 11.7 Å². The molecular weight excluding hydrogens is 212 g/mol. The van der Waals surface area contributed by atoms with Crippen molar-refractivity contribution in [2.75, 3.05) is 13.1 Å². The third-order valence-corrected chi connectivity index (χ3v) is 3.11. The summed E-state index contributed by atoms with van der Waals surface area (Å²) in [5.41, 5.74) is 1.68. The molecule has 0 unspecified atom stereocenters. The monoisotopic (exact) mass is 226 g/mol. The average molecular weight is 226 g/mol. The van der Waals surface area contributed by atoms with Crippen LogP contribution >= 0.6 is 11.3 Å². The first-order chi connectivity index (χ1) is 7.16. The lowest BCUT2D eigenvalue weighted by molar-refractivity contribution is -0.0585. The van der Waals surface area contributed by atoms with Crippen molar-refractivity contribution in [2.45, 2.75) is 26.1 Å². The summed E-state index contributed by atoms with van der Waals surface area (Å²) < 4.78 is 5.58. The Morgan fingerprint density at radius 3 is 2.73 bits per heavy atom. The molecule has 1 amide bonds. The topological polar surface area (TPSA) is 42.4 Å². The molecule has 82 valence electrons. The number of morpholine rings is 1. The minimum Gasteiger partial charge on any atom is -0.372 e. The molecule has 0 aliphatic carbocycles. The summed E-state index contributed by atoms with van der Waals surface area (Å²) >= 11 is 1.38. The fourth-order valence-electron chi connectivity index (χ4n) is 1.82. The molecule has 0 aromatic carbocycles. The van der Waals surface area contributed by atoms with Crippen LogP contribution in [0.25, 0.3) is 0 Å². The molecule has 4 nitrogen and oxygen atoms in total. The summed E-state index contributed by atoms with van der Waals surface area (Å²) in [6, 6.07) is 0. The van der Waals surface area contributed by atoms with E-state index in [2.05, 4.69) is 4.98 Å². The van der Waals surface area contributed by atoms with Crippen LogP contribution in [0.2, 0.25) is 0 Å². The van der Waals surface area contributed by atoms with E-state index in [0.717, 1.165) is 0 Å². The van der Waals surface area contributed by atoms with Gasteiger partial charge in [0.2, 0.25) is 0 Å². The molecule has 1 aliphatic heterocycles. The van der Waals surface area contributed by atoms with Gasteiger partial charge in [0.15, 0.2) is 0 Å². The first-order valence-corrected chi connectivity index (χ1v) is 5.88. The quantitative estimate of drug-likeness (QED) is 0.726. The van der Waals surface area contributed by atoms with Gasteiger partial charge in [0.25, 0.3) is 5.91 Å². The molecule has 0 saturated carbocycles. The van der Waals surface area contributed by atoms with Crippen LogP contribution in [-0.4, -0.2) is 41.1 Å². The van der Waals surface area contributed by atoms with Crippen molar-refractivity contribution in [3.63, 3.8) is 0 Å². The van der Waals surface area contributed by atoms with E-state index >= 15 is 0 Å². The number of ether oxygens (including phenoxy) is 1. The molecule has 0 N–H and O–H groups in total. The van der Waals surface area contributed by atoms with E-state index in [1.807, 2.05) is 18.7 Å². The third-order valence-electron chi connectivity index (χ3n) is 2.35. The molecule has 1 saturated heterocycles. The second-order valence-electron chi connectivity index (χ2n) is 3.83. The lowest BCUT2D eigenvalue weighted by Gasteiger charge is -2.34. The number of carbonyl (C=O) groups excluding carboxylic acids is 1. The minimum absolute atomic E-state index is 0.0690. The molecule has 0 bridgehead atoms. The molecule has 15 heavy (non-hydrogen) atoms. The van der Waals surface area contributed by atoms with Crippen LogP contribution in [0.1, 0.15) is 23.5 Å². The Morgan fingerprint density at radius 1 is 1.53 bits per heavy atom. The van der Waals surface area contributed by atoms with E-state index in [0.29, 0.717) is 18.0 Å². The largest absolute Gasteiger partial charge is 0.372 e. The molecule has 0 spiro atoms. The number of aromatic nitrogens is 1. The van der Waals surface area contributed by atoms with Crippen LogP contribution in [0.3, 0.4) is 0 Å². The van der Waals surface area contributed by atoms with Crippen LogP contribution in [0, 0.1) is 0 Å². The molecule has 2 heterocycles. The van der Waals surface area contributed by atoms with Gasteiger partial charge in [-0.1, -0.05) is 0 Å². The van der Waals surface area contributed by atoms with Gasteiger partial charge in [0.1, 0.15) is 4.88 Å². The van der Waals surface area contributed by atoms with Gasteiger partial charge in [-0.2, -0.15) is 0 Å². The van der Waals surface area contributed by atoms with Gasteiger partial charge in [-0.05, 0) is 13.8 Å².